The average Bonchev–Trinajstić information content (AvgIpc) is 2.48. The molecule has 1 aromatic rings. The van der Waals surface area contributed by atoms with Crippen LogP contribution >= 0.6 is 23.2 Å². The normalized spacial score (nSPS) is 20.4. The second kappa shape index (κ2) is 4.18. The van der Waals surface area contributed by atoms with Crippen molar-refractivity contribution in [2.24, 2.45) is 0 Å². The zero-order valence-corrected chi connectivity index (χ0v) is 10.2. The number of anilines is 1. The van der Waals surface area contributed by atoms with Crippen molar-refractivity contribution in [2.45, 2.75) is 6.23 Å². The van der Waals surface area contributed by atoms with E-state index in [9.17, 15) is 14.7 Å². The lowest BCUT2D eigenvalue weighted by atomic mass is 10.3. The molecule has 1 aliphatic rings. The maximum absolute atomic E-state index is 11.7. The van der Waals surface area contributed by atoms with Crippen LogP contribution in [0.15, 0.2) is 18.2 Å². The summed E-state index contributed by atoms with van der Waals surface area (Å²) in [6, 6.07) is 3.74. The Bertz CT molecular complexity index is 486. The van der Waals surface area contributed by atoms with Gasteiger partial charge in [0.15, 0.2) is 0 Å². The van der Waals surface area contributed by atoms with Crippen molar-refractivity contribution in [3.8, 4) is 0 Å². The van der Waals surface area contributed by atoms with E-state index in [0.717, 1.165) is 9.80 Å². The predicted octanol–water partition coefficient (Wildman–Crippen LogP) is 1.71. The Kier molecular flexibility index (Phi) is 2.99. The third-order valence-electron chi connectivity index (χ3n) is 2.46. The van der Waals surface area contributed by atoms with Gasteiger partial charge in [0.2, 0.25) is 6.23 Å². The molecule has 1 atom stereocenters. The highest BCUT2D eigenvalue weighted by atomic mass is 35.5. The summed E-state index contributed by atoms with van der Waals surface area (Å²) < 4.78 is 0. The molecule has 0 radical (unpaired) electrons. The number of hydrogen-bond acceptors (Lipinski definition) is 3. The Labute approximate surface area is 107 Å². The standard InChI is InChI=1S/C10H8Cl2N2O3/c1-13-8(15)9(16)14(10(13)17)5-2-3-6(11)7(12)4-5/h2-4,8,15H,1H3. The van der Waals surface area contributed by atoms with Crippen LogP contribution in [-0.4, -0.2) is 35.2 Å². The maximum Gasteiger partial charge on any atom is 0.333 e. The third-order valence-corrected chi connectivity index (χ3v) is 3.20. The molecule has 0 aliphatic carbocycles. The van der Waals surface area contributed by atoms with Gasteiger partial charge in [0.25, 0.3) is 5.91 Å². The average molecular weight is 275 g/mol. The SMILES string of the molecule is CN1C(=O)N(c2ccc(Cl)c(Cl)c2)C(=O)C1O. The molecule has 1 fully saturated rings. The molecule has 17 heavy (non-hydrogen) atoms. The largest absolute Gasteiger partial charge is 0.365 e. The van der Waals surface area contributed by atoms with Gasteiger partial charge in [-0.05, 0) is 18.2 Å². The summed E-state index contributed by atoms with van der Waals surface area (Å²) in [6.07, 6.45) is -1.46. The van der Waals surface area contributed by atoms with Crippen LogP contribution in [0.3, 0.4) is 0 Å². The second-order valence-corrected chi connectivity index (χ2v) is 4.35. The highest BCUT2D eigenvalue weighted by Crippen LogP contribution is 2.30. The molecule has 1 heterocycles. The number of carbonyl (C=O) groups excluding carboxylic acids is 2. The molecule has 0 bridgehead atoms. The lowest BCUT2D eigenvalue weighted by molar-refractivity contribution is -0.128. The first-order valence-electron chi connectivity index (χ1n) is 4.67. The molecule has 1 unspecified atom stereocenters. The van der Waals surface area contributed by atoms with Gasteiger partial charge in [-0.25, -0.2) is 9.69 Å². The van der Waals surface area contributed by atoms with Crippen LogP contribution < -0.4 is 4.90 Å². The number of likely N-dealkylation sites (N-methyl/N-ethyl adjacent to an activating group) is 1. The molecule has 0 aromatic heterocycles. The summed E-state index contributed by atoms with van der Waals surface area (Å²) in [5, 5.41) is 10.0. The number of carbonyl (C=O) groups is 2. The molecule has 1 aromatic carbocycles. The minimum absolute atomic E-state index is 0.230. The minimum atomic E-state index is -1.46. The molecule has 5 nitrogen and oxygen atoms in total. The number of aliphatic hydroxyl groups excluding tert-OH is 1. The zero-order chi connectivity index (χ0) is 12.7. The van der Waals surface area contributed by atoms with Crippen molar-refractivity contribution in [3.63, 3.8) is 0 Å². The van der Waals surface area contributed by atoms with Crippen LogP contribution in [-0.2, 0) is 4.79 Å². The summed E-state index contributed by atoms with van der Waals surface area (Å²) in [7, 11) is 1.34. The summed E-state index contributed by atoms with van der Waals surface area (Å²) in [4.78, 5) is 25.2. The smallest absolute Gasteiger partial charge is 0.333 e. The number of benzene rings is 1. The van der Waals surface area contributed by atoms with E-state index in [-0.39, 0.29) is 10.7 Å². The lowest BCUT2D eigenvalue weighted by Crippen LogP contribution is -2.31. The number of nitrogens with zero attached hydrogens (tertiary/aromatic N) is 2. The molecule has 1 saturated heterocycles. The van der Waals surface area contributed by atoms with E-state index in [1.165, 1.54) is 25.2 Å². The zero-order valence-electron chi connectivity index (χ0n) is 8.72. The summed E-state index contributed by atoms with van der Waals surface area (Å²) in [5.74, 6) is -0.712. The number of amides is 3. The van der Waals surface area contributed by atoms with Gasteiger partial charge in [-0.15, -0.1) is 0 Å². The van der Waals surface area contributed by atoms with E-state index in [1.807, 2.05) is 0 Å². The fourth-order valence-corrected chi connectivity index (χ4v) is 1.79. The van der Waals surface area contributed by atoms with E-state index >= 15 is 0 Å². The molecule has 2 rings (SSSR count). The van der Waals surface area contributed by atoms with Crippen LogP contribution in [0.1, 0.15) is 0 Å². The predicted molar refractivity (Wildman–Crippen MR) is 63.1 cm³/mol. The molecule has 0 saturated carbocycles. The summed E-state index contributed by atoms with van der Waals surface area (Å²) in [5.41, 5.74) is 0.276. The first kappa shape index (κ1) is 12.2. The molecule has 7 heteroatoms. The highest BCUT2D eigenvalue weighted by Gasteiger charge is 2.43. The minimum Gasteiger partial charge on any atom is -0.365 e. The number of urea groups is 1. The van der Waals surface area contributed by atoms with E-state index in [0.29, 0.717) is 5.02 Å². The van der Waals surface area contributed by atoms with Crippen molar-refractivity contribution >= 4 is 40.8 Å². The van der Waals surface area contributed by atoms with Gasteiger partial charge in [-0.1, -0.05) is 23.2 Å². The monoisotopic (exact) mass is 274 g/mol. The molecule has 90 valence electrons. The number of halogens is 2. The summed E-state index contributed by atoms with van der Waals surface area (Å²) in [6.45, 7) is 0. The molecule has 1 N–H and O–H groups in total. The fourth-order valence-electron chi connectivity index (χ4n) is 1.50. The molecule has 0 spiro atoms. The number of imide groups is 1. The fraction of sp³-hybridized carbons (Fsp3) is 0.200. The summed E-state index contributed by atoms with van der Waals surface area (Å²) >= 11 is 11.5. The van der Waals surface area contributed by atoms with Crippen LogP contribution in [0.2, 0.25) is 10.0 Å². The molecule has 3 amide bonds. The van der Waals surface area contributed by atoms with Gasteiger partial charge in [-0.2, -0.15) is 0 Å². The number of hydrogen-bond donors (Lipinski definition) is 1. The third kappa shape index (κ3) is 1.86. The quantitative estimate of drug-likeness (QED) is 0.794. The Morgan fingerprint density at radius 3 is 2.35 bits per heavy atom. The van der Waals surface area contributed by atoms with Gasteiger partial charge in [-0.3, -0.25) is 9.69 Å². The van der Waals surface area contributed by atoms with Crippen molar-refractivity contribution in [1.29, 1.82) is 0 Å². The Balaban J connectivity index is 2.43. The van der Waals surface area contributed by atoms with E-state index in [4.69, 9.17) is 23.2 Å². The van der Waals surface area contributed by atoms with E-state index in [1.54, 1.807) is 0 Å². The van der Waals surface area contributed by atoms with Crippen molar-refractivity contribution in [3.05, 3.63) is 28.2 Å². The molecule has 1 aliphatic heterocycles. The van der Waals surface area contributed by atoms with Crippen molar-refractivity contribution < 1.29 is 14.7 Å². The Morgan fingerprint density at radius 1 is 1.24 bits per heavy atom. The van der Waals surface area contributed by atoms with Crippen LogP contribution in [0.4, 0.5) is 10.5 Å². The van der Waals surface area contributed by atoms with Crippen molar-refractivity contribution in [1.82, 2.24) is 4.90 Å². The Morgan fingerprint density at radius 2 is 1.88 bits per heavy atom. The highest BCUT2D eigenvalue weighted by molar-refractivity contribution is 6.42. The second-order valence-electron chi connectivity index (χ2n) is 3.54. The Hall–Kier alpha value is -1.30. The van der Waals surface area contributed by atoms with Gasteiger partial charge >= 0.3 is 6.03 Å². The molecular weight excluding hydrogens is 267 g/mol. The van der Waals surface area contributed by atoms with Crippen LogP contribution in [0.25, 0.3) is 0 Å². The maximum atomic E-state index is 11.7. The van der Waals surface area contributed by atoms with Gasteiger partial charge in [0.1, 0.15) is 0 Å². The first-order chi connectivity index (χ1) is 7.93. The van der Waals surface area contributed by atoms with Gasteiger partial charge in [0.05, 0.1) is 15.7 Å². The first-order valence-corrected chi connectivity index (χ1v) is 5.43. The lowest BCUT2D eigenvalue weighted by Gasteiger charge is -2.14. The number of rotatable bonds is 1. The van der Waals surface area contributed by atoms with Crippen molar-refractivity contribution in [2.75, 3.05) is 11.9 Å². The topological polar surface area (TPSA) is 60.9 Å². The molecular formula is C10H8Cl2N2O3. The van der Waals surface area contributed by atoms with E-state index in [2.05, 4.69) is 0 Å². The number of aliphatic hydroxyl groups is 1. The van der Waals surface area contributed by atoms with Crippen LogP contribution in [0.5, 0.6) is 0 Å². The van der Waals surface area contributed by atoms with Gasteiger partial charge < -0.3 is 5.11 Å². The van der Waals surface area contributed by atoms with E-state index < -0.39 is 18.2 Å². The van der Waals surface area contributed by atoms with Gasteiger partial charge in [0, 0.05) is 7.05 Å². The van der Waals surface area contributed by atoms with Crippen LogP contribution in [0, 0.1) is 0 Å².